The van der Waals surface area contributed by atoms with Crippen LogP contribution in [0.5, 0.6) is 0 Å². The Morgan fingerprint density at radius 3 is 2.27 bits per heavy atom. The first-order valence-electron chi connectivity index (χ1n) is 15.0. The average Bonchev–Trinajstić information content (AvgIpc) is 3.48. The number of aliphatic hydroxyl groups is 2. The number of ether oxygens (including phenoxy) is 2. The number of nitrogens with one attached hydrogen (secondary N) is 1. The van der Waals surface area contributed by atoms with Crippen LogP contribution in [-0.4, -0.2) is 55.4 Å². The van der Waals surface area contributed by atoms with E-state index in [2.05, 4.69) is 9.62 Å². The van der Waals surface area contributed by atoms with Crippen molar-refractivity contribution in [3.63, 3.8) is 0 Å². The van der Waals surface area contributed by atoms with Gasteiger partial charge < -0.3 is 19.7 Å². The minimum atomic E-state index is -3.60. The zero-order chi connectivity index (χ0) is 30.5. The van der Waals surface area contributed by atoms with Gasteiger partial charge in [0.15, 0.2) is 6.29 Å². The molecular formula is C35H38N2O6S. The maximum absolute atomic E-state index is 12.7. The molecule has 0 bridgehead atoms. The number of aliphatic hydroxyl groups excluding tert-OH is 2. The Hall–Kier alpha value is -3.41. The van der Waals surface area contributed by atoms with Gasteiger partial charge in [-0.15, -0.1) is 0 Å². The Balaban J connectivity index is 1.16. The van der Waals surface area contributed by atoms with Gasteiger partial charge >= 0.3 is 0 Å². The van der Waals surface area contributed by atoms with Crippen LogP contribution in [0.1, 0.15) is 47.5 Å². The highest BCUT2D eigenvalue weighted by Gasteiger charge is 2.34. The molecular weight excluding hydrogens is 576 g/mol. The van der Waals surface area contributed by atoms with Crippen molar-refractivity contribution in [1.82, 2.24) is 9.62 Å². The lowest BCUT2D eigenvalue weighted by molar-refractivity contribution is -0.252. The lowest BCUT2D eigenvalue weighted by Crippen LogP contribution is -2.38. The molecule has 0 saturated carbocycles. The smallest absolute Gasteiger partial charge is 0.240 e. The van der Waals surface area contributed by atoms with Crippen LogP contribution >= 0.6 is 0 Å². The van der Waals surface area contributed by atoms with Crippen LogP contribution in [0, 0.1) is 0 Å². The number of nitrogens with zero attached hydrogens (tertiary/aromatic N) is 1. The molecule has 0 amide bonds. The van der Waals surface area contributed by atoms with Crippen molar-refractivity contribution in [3.05, 3.63) is 125 Å². The first kappa shape index (κ1) is 30.6. The summed E-state index contributed by atoms with van der Waals surface area (Å²) in [7, 11) is -3.60. The van der Waals surface area contributed by atoms with Gasteiger partial charge in [-0.25, -0.2) is 13.1 Å². The van der Waals surface area contributed by atoms with Crippen molar-refractivity contribution in [1.29, 1.82) is 0 Å². The van der Waals surface area contributed by atoms with E-state index in [4.69, 9.17) is 9.47 Å². The van der Waals surface area contributed by atoms with E-state index in [1.54, 1.807) is 30.3 Å². The molecule has 4 aromatic rings. The van der Waals surface area contributed by atoms with Crippen LogP contribution in [0.25, 0.3) is 11.1 Å². The van der Waals surface area contributed by atoms with E-state index < -0.39 is 16.3 Å². The van der Waals surface area contributed by atoms with Crippen LogP contribution in [-0.2, 0) is 32.6 Å². The monoisotopic (exact) mass is 614 g/mol. The van der Waals surface area contributed by atoms with E-state index in [1.807, 2.05) is 72.8 Å². The Bertz CT molecular complexity index is 1630. The van der Waals surface area contributed by atoms with Crippen LogP contribution in [0.3, 0.4) is 0 Å². The van der Waals surface area contributed by atoms with Gasteiger partial charge in [0.2, 0.25) is 10.0 Å². The van der Waals surface area contributed by atoms with E-state index in [0.29, 0.717) is 13.0 Å². The third-order valence-electron chi connectivity index (χ3n) is 8.29. The second-order valence-electron chi connectivity index (χ2n) is 11.5. The number of rotatable bonds is 10. The number of sulfonamides is 1. The van der Waals surface area contributed by atoms with E-state index in [9.17, 15) is 18.6 Å². The fourth-order valence-electron chi connectivity index (χ4n) is 5.85. The molecule has 9 heteroatoms. The largest absolute Gasteiger partial charge is 0.392 e. The highest BCUT2D eigenvalue weighted by atomic mass is 32.2. The fourth-order valence-corrected chi connectivity index (χ4v) is 6.89. The topological polar surface area (TPSA) is 108 Å². The van der Waals surface area contributed by atoms with E-state index in [-0.39, 0.29) is 36.4 Å². The summed E-state index contributed by atoms with van der Waals surface area (Å²) in [5.74, 6) is 0. The van der Waals surface area contributed by atoms with Gasteiger partial charge in [0.1, 0.15) is 0 Å². The highest BCUT2D eigenvalue weighted by Crippen LogP contribution is 2.39. The molecule has 0 aliphatic carbocycles. The molecule has 2 aliphatic heterocycles. The lowest BCUT2D eigenvalue weighted by atomic mass is 9.99. The van der Waals surface area contributed by atoms with Crippen LogP contribution in [0.4, 0.5) is 0 Å². The number of likely N-dealkylation sites (tertiary alicyclic amines) is 1. The summed E-state index contributed by atoms with van der Waals surface area (Å²) in [4.78, 5) is 2.49. The van der Waals surface area contributed by atoms with E-state index >= 15 is 0 Å². The minimum absolute atomic E-state index is 0.00396. The lowest BCUT2D eigenvalue weighted by Gasteiger charge is -2.37. The second-order valence-corrected chi connectivity index (χ2v) is 13.3. The molecule has 2 fully saturated rings. The zero-order valence-corrected chi connectivity index (χ0v) is 25.3. The molecule has 0 spiro atoms. The van der Waals surface area contributed by atoms with Gasteiger partial charge in [-0.05, 0) is 52.4 Å². The standard InChI is InChI=1S/C35H38N2O6S/c38-24-25-9-11-28(12-10-25)34-20-32(23-37-18-17-31(39)22-37)42-35(43-34)29-15-13-27(14-16-29)30-6-4-5-26(19-30)21-36-44(40,41)33-7-2-1-3-8-33/h1-16,19,31-32,34-36,38-39H,17-18,20-24H2/t31-,32+,34-,35-/m0/s1. The third kappa shape index (κ3) is 7.44. The molecule has 230 valence electrons. The number of β-amino-alcohol motifs (C(OH)–C–C–N with tert-alkyl or cyclic N) is 1. The number of hydrogen-bond donors (Lipinski definition) is 3. The second kappa shape index (κ2) is 13.7. The minimum Gasteiger partial charge on any atom is -0.392 e. The van der Waals surface area contributed by atoms with Gasteiger partial charge in [-0.1, -0.05) is 84.9 Å². The van der Waals surface area contributed by atoms with E-state index in [0.717, 1.165) is 52.9 Å². The summed E-state index contributed by atoms with van der Waals surface area (Å²) in [6.07, 6.45) is 0.382. The quantitative estimate of drug-likeness (QED) is 0.232. The number of benzene rings is 4. The molecule has 6 rings (SSSR count). The molecule has 2 heterocycles. The van der Waals surface area contributed by atoms with Crippen LogP contribution in [0.2, 0.25) is 0 Å². The van der Waals surface area contributed by atoms with Crippen molar-refractivity contribution in [2.24, 2.45) is 0 Å². The van der Waals surface area contributed by atoms with Crippen LogP contribution in [0.15, 0.2) is 108 Å². The van der Waals surface area contributed by atoms with Crippen molar-refractivity contribution < 1.29 is 28.1 Å². The van der Waals surface area contributed by atoms with Gasteiger partial charge in [0.25, 0.3) is 0 Å². The Kier molecular flexibility index (Phi) is 9.53. The normalized spacial score (nSPS) is 22.7. The third-order valence-corrected chi connectivity index (χ3v) is 9.70. The molecule has 2 aliphatic rings. The Morgan fingerprint density at radius 2 is 1.57 bits per heavy atom. The van der Waals surface area contributed by atoms with Crippen molar-refractivity contribution >= 4 is 10.0 Å². The Labute approximate surface area is 258 Å². The zero-order valence-electron chi connectivity index (χ0n) is 24.5. The molecule has 0 radical (unpaired) electrons. The maximum atomic E-state index is 12.7. The van der Waals surface area contributed by atoms with Gasteiger partial charge in [0, 0.05) is 38.2 Å². The molecule has 44 heavy (non-hydrogen) atoms. The Morgan fingerprint density at radius 1 is 0.818 bits per heavy atom. The molecule has 3 N–H and O–H groups in total. The van der Waals surface area contributed by atoms with Crippen LogP contribution < -0.4 is 4.72 Å². The summed E-state index contributed by atoms with van der Waals surface area (Å²) in [6.45, 7) is 2.41. The molecule has 4 aromatic carbocycles. The van der Waals surface area contributed by atoms with Gasteiger partial charge in [-0.3, -0.25) is 4.90 Å². The summed E-state index contributed by atoms with van der Waals surface area (Å²) in [5.41, 5.74) is 5.63. The first-order valence-corrected chi connectivity index (χ1v) is 16.5. The van der Waals surface area contributed by atoms with Crippen molar-refractivity contribution in [2.75, 3.05) is 19.6 Å². The SMILES string of the molecule is O=S(=O)(NCc1cccc(-c2ccc([C@H]3O[C@@H](CN4CC[C@H](O)C4)C[C@@H](c4ccc(CO)cc4)O3)cc2)c1)c1ccccc1. The fraction of sp³-hybridized carbons (Fsp3) is 0.314. The molecule has 4 atom stereocenters. The molecule has 2 saturated heterocycles. The molecule has 0 aromatic heterocycles. The predicted molar refractivity (Wildman–Crippen MR) is 168 cm³/mol. The van der Waals surface area contributed by atoms with Crippen molar-refractivity contribution in [2.45, 2.75) is 55.5 Å². The maximum Gasteiger partial charge on any atom is 0.240 e. The highest BCUT2D eigenvalue weighted by molar-refractivity contribution is 7.89. The molecule has 0 unspecified atom stereocenters. The van der Waals surface area contributed by atoms with Gasteiger partial charge in [0.05, 0.1) is 29.8 Å². The summed E-state index contributed by atoms with van der Waals surface area (Å²) < 4.78 is 41.0. The predicted octanol–water partition coefficient (Wildman–Crippen LogP) is 4.94. The number of hydrogen-bond acceptors (Lipinski definition) is 7. The average molecular weight is 615 g/mol. The van der Waals surface area contributed by atoms with Crippen molar-refractivity contribution in [3.8, 4) is 11.1 Å². The summed E-state index contributed by atoms with van der Waals surface area (Å²) in [5, 5.41) is 19.5. The van der Waals surface area contributed by atoms with Gasteiger partial charge in [-0.2, -0.15) is 0 Å². The first-order chi connectivity index (χ1) is 21.4. The molecule has 8 nitrogen and oxygen atoms in total. The van der Waals surface area contributed by atoms with E-state index in [1.165, 1.54) is 0 Å². The summed E-state index contributed by atoms with van der Waals surface area (Å²) in [6, 6.07) is 32.1. The summed E-state index contributed by atoms with van der Waals surface area (Å²) >= 11 is 0.